The Morgan fingerprint density at radius 2 is 1.85 bits per heavy atom. The predicted molar refractivity (Wildman–Crippen MR) is 175 cm³/mol. The Labute approximate surface area is 268 Å². The number of carbonyl (C=O) groups is 2. The number of benzene rings is 1. The SMILES string of the molecule is C=CC(=O)N1CCN2c3c(c(=O)n(-c4c(C)cc(=O)n(C)c4C(C)C)c4nc(-c5c(O)cccc5F)c(Cl)cc34)N(C)C(=O)[C@H]2C1. The molecule has 1 fully saturated rings. The number of likely N-dealkylation sites (N-methyl/N-ethyl adjacent to an activating group) is 1. The number of fused-ring (bicyclic) bond motifs is 5. The molecule has 3 aromatic heterocycles. The zero-order valence-corrected chi connectivity index (χ0v) is 26.7. The maximum absolute atomic E-state index is 15.2. The van der Waals surface area contributed by atoms with E-state index in [1.807, 2.05) is 13.8 Å². The second-order valence-corrected chi connectivity index (χ2v) is 12.3. The molecule has 0 saturated carbocycles. The molecule has 0 bridgehead atoms. The van der Waals surface area contributed by atoms with Crippen LogP contribution in [-0.2, 0) is 16.6 Å². The van der Waals surface area contributed by atoms with Crippen molar-refractivity contribution in [1.82, 2.24) is 19.0 Å². The summed E-state index contributed by atoms with van der Waals surface area (Å²) in [6.07, 6.45) is 1.19. The van der Waals surface area contributed by atoms with Gasteiger partial charge in [0.25, 0.3) is 17.0 Å². The molecule has 2 aliphatic rings. The van der Waals surface area contributed by atoms with Gasteiger partial charge in [0, 0.05) is 44.3 Å². The van der Waals surface area contributed by atoms with Crippen LogP contribution in [0.3, 0.4) is 0 Å². The second-order valence-electron chi connectivity index (χ2n) is 11.9. The number of anilines is 2. The van der Waals surface area contributed by atoms with Crippen molar-refractivity contribution >= 4 is 45.8 Å². The molecular weight excluding hydrogens is 615 g/mol. The van der Waals surface area contributed by atoms with Crippen molar-refractivity contribution in [3.05, 3.63) is 85.8 Å². The van der Waals surface area contributed by atoms with E-state index in [0.717, 1.165) is 0 Å². The smallest absolute Gasteiger partial charge is 0.283 e. The van der Waals surface area contributed by atoms with Gasteiger partial charge in [-0.15, -0.1) is 0 Å². The standard InChI is InChI=1S/C33H32ClFN6O5/c1-7-23(43)39-11-12-40-21(15-39)32(45)38(6)30-29(40)18-14-19(34)26(25-20(35)9-8-10-22(25)42)36-31(18)41(33(30)46)28-17(4)13-24(44)37(5)27(28)16(2)3/h7-10,13-14,16,21,42H,1,11-12,15H2,2-6H3/t21-/m1/s1. The minimum atomic E-state index is -0.812. The summed E-state index contributed by atoms with van der Waals surface area (Å²) in [7, 11) is 3.12. The lowest BCUT2D eigenvalue weighted by molar-refractivity contribution is -0.128. The number of aromatic nitrogens is 3. The average molecular weight is 647 g/mol. The molecule has 1 atom stereocenters. The molecule has 5 heterocycles. The topological polar surface area (TPSA) is 121 Å². The fourth-order valence-electron chi connectivity index (χ4n) is 6.68. The fraction of sp³-hybridized carbons (Fsp3) is 0.303. The van der Waals surface area contributed by atoms with Crippen molar-refractivity contribution in [2.45, 2.75) is 32.7 Å². The highest BCUT2D eigenvalue weighted by atomic mass is 35.5. The van der Waals surface area contributed by atoms with Crippen LogP contribution in [0, 0.1) is 12.7 Å². The minimum Gasteiger partial charge on any atom is -0.507 e. The lowest BCUT2D eigenvalue weighted by atomic mass is 9.99. The molecule has 1 N–H and O–H groups in total. The first-order valence-corrected chi connectivity index (χ1v) is 15.1. The molecule has 13 heteroatoms. The minimum absolute atomic E-state index is 0.00172. The van der Waals surface area contributed by atoms with Crippen LogP contribution >= 0.6 is 11.6 Å². The summed E-state index contributed by atoms with van der Waals surface area (Å²) in [6.45, 7) is 9.60. The Balaban J connectivity index is 1.78. The number of piperazine rings is 1. The van der Waals surface area contributed by atoms with Crippen molar-refractivity contribution in [2.24, 2.45) is 7.05 Å². The number of pyridine rings is 3. The van der Waals surface area contributed by atoms with Gasteiger partial charge in [0.15, 0.2) is 5.65 Å². The van der Waals surface area contributed by atoms with Crippen molar-refractivity contribution in [2.75, 3.05) is 36.5 Å². The van der Waals surface area contributed by atoms with Gasteiger partial charge in [-0.05, 0) is 42.7 Å². The van der Waals surface area contributed by atoms with Crippen LogP contribution in [-0.4, -0.2) is 68.7 Å². The summed E-state index contributed by atoms with van der Waals surface area (Å²) >= 11 is 6.81. The highest BCUT2D eigenvalue weighted by molar-refractivity contribution is 6.34. The first kappa shape index (κ1) is 31.0. The van der Waals surface area contributed by atoms with Crippen LogP contribution in [0.2, 0.25) is 5.02 Å². The molecule has 238 valence electrons. The van der Waals surface area contributed by atoms with Crippen LogP contribution in [0.25, 0.3) is 28.0 Å². The largest absolute Gasteiger partial charge is 0.507 e. The number of hydrogen-bond acceptors (Lipinski definition) is 7. The average Bonchev–Trinajstić information content (AvgIpc) is 3.01. The number of nitrogens with zero attached hydrogens (tertiary/aromatic N) is 6. The second kappa shape index (κ2) is 11.1. The van der Waals surface area contributed by atoms with Gasteiger partial charge in [0.2, 0.25) is 5.91 Å². The third kappa shape index (κ3) is 4.50. The van der Waals surface area contributed by atoms with E-state index in [0.29, 0.717) is 28.0 Å². The van der Waals surface area contributed by atoms with E-state index in [1.54, 1.807) is 24.9 Å². The highest BCUT2D eigenvalue weighted by Crippen LogP contribution is 2.44. The molecular formula is C33H32ClFN6O5. The van der Waals surface area contributed by atoms with E-state index in [4.69, 9.17) is 16.6 Å². The number of halogens is 2. The summed E-state index contributed by atoms with van der Waals surface area (Å²) in [4.78, 5) is 63.5. The van der Waals surface area contributed by atoms with Crippen LogP contribution < -0.4 is 20.9 Å². The van der Waals surface area contributed by atoms with E-state index in [1.165, 1.54) is 56.3 Å². The van der Waals surface area contributed by atoms with Crippen LogP contribution in [0.4, 0.5) is 15.8 Å². The third-order valence-corrected chi connectivity index (χ3v) is 9.09. The van der Waals surface area contributed by atoms with Gasteiger partial charge in [-0.1, -0.05) is 38.1 Å². The molecule has 2 amide bonds. The Bertz CT molecular complexity index is 2100. The van der Waals surface area contributed by atoms with Crippen molar-refractivity contribution in [3.8, 4) is 22.7 Å². The monoisotopic (exact) mass is 646 g/mol. The molecule has 0 spiro atoms. The normalized spacial score (nSPS) is 16.2. The summed E-state index contributed by atoms with van der Waals surface area (Å²) in [5.74, 6) is -2.09. The molecule has 46 heavy (non-hydrogen) atoms. The Kier molecular flexibility index (Phi) is 7.51. The Morgan fingerprint density at radius 3 is 2.50 bits per heavy atom. The maximum atomic E-state index is 15.2. The van der Waals surface area contributed by atoms with E-state index in [9.17, 15) is 24.3 Å². The van der Waals surface area contributed by atoms with Gasteiger partial charge >= 0.3 is 0 Å². The Hall–Kier alpha value is -4.97. The molecule has 6 rings (SSSR count). The van der Waals surface area contributed by atoms with Gasteiger partial charge in [-0.2, -0.15) is 0 Å². The van der Waals surface area contributed by atoms with E-state index < -0.39 is 23.2 Å². The molecule has 0 aliphatic carbocycles. The number of amides is 2. The molecule has 11 nitrogen and oxygen atoms in total. The van der Waals surface area contributed by atoms with Gasteiger partial charge < -0.3 is 24.4 Å². The lowest BCUT2D eigenvalue weighted by Gasteiger charge is -2.47. The quantitative estimate of drug-likeness (QED) is 0.334. The maximum Gasteiger partial charge on any atom is 0.283 e. The molecule has 0 unspecified atom stereocenters. The number of phenolic OH excluding ortho intramolecular Hbond substituents is 1. The molecule has 0 radical (unpaired) electrons. The molecule has 2 aliphatic heterocycles. The first-order valence-electron chi connectivity index (χ1n) is 14.7. The predicted octanol–water partition coefficient (Wildman–Crippen LogP) is 3.86. The molecule has 4 aromatic rings. The number of aromatic hydroxyl groups is 1. The van der Waals surface area contributed by atoms with E-state index in [-0.39, 0.29) is 70.5 Å². The highest BCUT2D eigenvalue weighted by Gasteiger charge is 2.44. The zero-order chi connectivity index (χ0) is 33.4. The number of carbonyl (C=O) groups excluding carboxylic acids is 2. The number of aryl methyl sites for hydroxylation is 1. The van der Waals surface area contributed by atoms with E-state index in [2.05, 4.69) is 6.58 Å². The number of hydrogen-bond donors (Lipinski definition) is 1. The summed E-state index contributed by atoms with van der Waals surface area (Å²) in [6, 6.07) is 5.98. The van der Waals surface area contributed by atoms with Gasteiger partial charge in [0.05, 0.1) is 34.2 Å². The van der Waals surface area contributed by atoms with Crippen LogP contribution in [0.15, 0.2) is 52.6 Å². The fourth-order valence-corrected chi connectivity index (χ4v) is 6.93. The number of rotatable bonds is 4. The van der Waals surface area contributed by atoms with E-state index >= 15 is 4.39 Å². The first-order chi connectivity index (χ1) is 21.8. The summed E-state index contributed by atoms with van der Waals surface area (Å²) < 4.78 is 18.0. The van der Waals surface area contributed by atoms with Crippen LogP contribution in [0.1, 0.15) is 31.0 Å². The molecule has 1 aromatic carbocycles. The van der Waals surface area contributed by atoms with Gasteiger partial charge in [-0.3, -0.25) is 23.7 Å². The van der Waals surface area contributed by atoms with Crippen molar-refractivity contribution in [1.29, 1.82) is 0 Å². The van der Waals surface area contributed by atoms with Gasteiger partial charge in [-0.25, -0.2) is 9.37 Å². The van der Waals surface area contributed by atoms with Crippen LogP contribution in [0.5, 0.6) is 5.75 Å². The number of phenols is 1. The van der Waals surface area contributed by atoms with Gasteiger partial charge in [0.1, 0.15) is 23.3 Å². The third-order valence-electron chi connectivity index (χ3n) is 8.80. The summed E-state index contributed by atoms with van der Waals surface area (Å²) in [5.41, 5.74) is 0.762. The lowest BCUT2D eigenvalue weighted by Crippen LogP contribution is -2.63. The van der Waals surface area contributed by atoms with Crippen molar-refractivity contribution < 1.29 is 19.1 Å². The zero-order valence-electron chi connectivity index (χ0n) is 26.0. The molecule has 1 saturated heterocycles. The summed E-state index contributed by atoms with van der Waals surface area (Å²) in [5, 5.41) is 11.1. The Morgan fingerprint density at radius 1 is 1.13 bits per heavy atom. The van der Waals surface area contributed by atoms with Crippen molar-refractivity contribution in [3.63, 3.8) is 0 Å².